The highest BCUT2D eigenvalue weighted by Crippen LogP contribution is 2.13. The van der Waals surface area contributed by atoms with Crippen molar-refractivity contribution in [2.45, 2.75) is 33.1 Å². The van der Waals surface area contributed by atoms with E-state index >= 15 is 0 Å². The van der Waals surface area contributed by atoms with Crippen LogP contribution in [0.4, 0.5) is 0 Å². The van der Waals surface area contributed by atoms with E-state index < -0.39 is 0 Å². The average molecular weight is 210 g/mol. The van der Waals surface area contributed by atoms with Crippen LogP contribution in [0.15, 0.2) is 9.98 Å². The van der Waals surface area contributed by atoms with Gasteiger partial charge in [-0.25, -0.2) is 19.6 Å². The predicted octanol–water partition coefficient (Wildman–Crippen LogP) is 2.10. The topological polar surface area (TPSA) is 58.9 Å². The normalized spacial score (nSPS) is 13.5. The lowest BCUT2D eigenvalue weighted by atomic mass is 9.99. The number of carbonyl (C=O) groups excluding carboxylic acids is 2. The summed E-state index contributed by atoms with van der Waals surface area (Å²) >= 11 is 0. The Kier molecular flexibility index (Phi) is 8.55. The largest absolute Gasteiger partial charge is 0.234 e. The van der Waals surface area contributed by atoms with Gasteiger partial charge in [0.2, 0.25) is 12.2 Å². The third kappa shape index (κ3) is 9.07. The molecular formula is C11H18N2O2. The summed E-state index contributed by atoms with van der Waals surface area (Å²) in [4.78, 5) is 26.8. The van der Waals surface area contributed by atoms with E-state index in [1.165, 1.54) is 0 Å². The van der Waals surface area contributed by atoms with Gasteiger partial charge < -0.3 is 0 Å². The van der Waals surface area contributed by atoms with E-state index in [1.54, 1.807) is 12.2 Å². The van der Waals surface area contributed by atoms with E-state index in [-0.39, 0.29) is 0 Å². The van der Waals surface area contributed by atoms with Gasteiger partial charge in [-0.3, -0.25) is 0 Å². The summed E-state index contributed by atoms with van der Waals surface area (Å²) in [6.07, 6.45) is 6.24. The van der Waals surface area contributed by atoms with Gasteiger partial charge in [0.05, 0.1) is 13.1 Å². The molecule has 15 heavy (non-hydrogen) atoms. The van der Waals surface area contributed by atoms with Crippen molar-refractivity contribution >= 4 is 12.2 Å². The molecule has 0 heterocycles. The van der Waals surface area contributed by atoms with Crippen LogP contribution in [-0.2, 0) is 9.59 Å². The Bertz CT molecular complexity index is 227. The summed E-state index contributed by atoms with van der Waals surface area (Å²) in [6.45, 7) is 5.25. The first kappa shape index (κ1) is 13.8. The standard InChI is InChI=1S/C11H18N2O2/c1-10(6-12-8-14)4-3-5-11(2)7-13-9-15/h10-11H,3-7H2,1-2H3. The minimum atomic E-state index is 0.424. The SMILES string of the molecule is CC(CCCC(C)CN=C=O)CN=C=O. The van der Waals surface area contributed by atoms with E-state index in [0.29, 0.717) is 24.9 Å². The molecule has 0 aliphatic heterocycles. The summed E-state index contributed by atoms with van der Waals surface area (Å²) in [5, 5.41) is 0. The van der Waals surface area contributed by atoms with Crippen LogP contribution in [0.2, 0.25) is 0 Å². The Morgan fingerprint density at radius 3 is 1.67 bits per heavy atom. The fraction of sp³-hybridized carbons (Fsp3) is 0.818. The second-order valence-electron chi connectivity index (χ2n) is 4.01. The molecule has 0 saturated heterocycles. The highest BCUT2D eigenvalue weighted by atomic mass is 16.1. The van der Waals surface area contributed by atoms with Crippen LogP contribution in [0.25, 0.3) is 0 Å². The molecule has 4 heteroatoms. The summed E-state index contributed by atoms with van der Waals surface area (Å²) in [6, 6.07) is 0. The number of rotatable bonds is 8. The van der Waals surface area contributed by atoms with Crippen LogP contribution < -0.4 is 0 Å². The van der Waals surface area contributed by atoms with Gasteiger partial charge in [-0.1, -0.05) is 20.3 Å². The third-order valence-electron chi connectivity index (χ3n) is 2.33. The quantitative estimate of drug-likeness (QED) is 0.455. The zero-order valence-electron chi connectivity index (χ0n) is 9.40. The molecule has 0 aliphatic rings. The van der Waals surface area contributed by atoms with Gasteiger partial charge in [-0.15, -0.1) is 0 Å². The summed E-state index contributed by atoms with van der Waals surface area (Å²) in [5.41, 5.74) is 0. The first-order chi connectivity index (χ1) is 7.20. The summed E-state index contributed by atoms with van der Waals surface area (Å²) in [5.74, 6) is 0.849. The molecule has 4 nitrogen and oxygen atoms in total. The lowest BCUT2D eigenvalue weighted by Gasteiger charge is -2.10. The van der Waals surface area contributed by atoms with E-state index in [0.717, 1.165) is 19.3 Å². The molecule has 0 aromatic rings. The zero-order valence-corrected chi connectivity index (χ0v) is 9.40. The van der Waals surface area contributed by atoms with Crippen molar-refractivity contribution < 1.29 is 9.59 Å². The fourth-order valence-corrected chi connectivity index (χ4v) is 1.38. The Labute approximate surface area is 90.5 Å². The van der Waals surface area contributed by atoms with Crippen molar-refractivity contribution in [1.29, 1.82) is 0 Å². The number of aliphatic imine (C=N–C) groups is 2. The molecule has 0 radical (unpaired) electrons. The summed E-state index contributed by atoms with van der Waals surface area (Å²) in [7, 11) is 0. The third-order valence-corrected chi connectivity index (χ3v) is 2.33. The van der Waals surface area contributed by atoms with Crippen LogP contribution in [0.5, 0.6) is 0 Å². The maximum atomic E-state index is 9.87. The first-order valence-electron chi connectivity index (χ1n) is 5.28. The van der Waals surface area contributed by atoms with Crippen molar-refractivity contribution in [3.63, 3.8) is 0 Å². The van der Waals surface area contributed by atoms with Gasteiger partial charge in [0.25, 0.3) is 0 Å². The van der Waals surface area contributed by atoms with Gasteiger partial charge in [-0.05, 0) is 24.7 Å². The maximum absolute atomic E-state index is 9.87. The fourth-order valence-electron chi connectivity index (χ4n) is 1.38. The second-order valence-corrected chi connectivity index (χ2v) is 4.01. The molecular weight excluding hydrogens is 192 g/mol. The molecule has 2 unspecified atom stereocenters. The molecule has 0 saturated carbocycles. The Balaban J connectivity index is 3.51. The van der Waals surface area contributed by atoms with E-state index in [1.807, 2.05) is 0 Å². The van der Waals surface area contributed by atoms with Crippen molar-refractivity contribution in [3.8, 4) is 0 Å². The van der Waals surface area contributed by atoms with Crippen molar-refractivity contribution in [2.75, 3.05) is 13.1 Å². The monoisotopic (exact) mass is 210 g/mol. The molecule has 2 atom stereocenters. The average Bonchev–Trinajstić information content (AvgIpc) is 2.23. The van der Waals surface area contributed by atoms with Crippen molar-refractivity contribution in [2.24, 2.45) is 21.8 Å². The molecule has 0 rings (SSSR count). The Hall–Kier alpha value is -1.24. The molecule has 0 amide bonds. The molecule has 84 valence electrons. The Morgan fingerprint density at radius 2 is 1.33 bits per heavy atom. The first-order valence-corrected chi connectivity index (χ1v) is 5.28. The van der Waals surface area contributed by atoms with Gasteiger partial charge >= 0.3 is 0 Å². The molecule has 0 aromatic carbocycles. The van der Waals surface area contributed by atoms with Crippen molar-refractivity contribution in [3.05, 3.63) is 0 Å². The smallest absolute Gasteiger partial charge is 0.211 e. The number of isocyanates is 2. The van der Waals surface area contributed by atoms with Crippen LogP contribution >= 0.6 is 0 Å². The van der Waals surface area contributed by atoms with Gasteiger partial charge in [-0.2, -0.15) is 0 Å². The lowest BCUT2D eigenvalue weighted by Crippen LogP contribution is -2.03. The van der Waals surface area contributed by atoms with Crippen LogP contribution in [-0.4, -0.2) is 25.2 Å². The minimum absolute atomic E-state index is 0.424. The van der Waals surface area contributed by atoms with Gasteiger partial charge in [0, 0.05) is 0 Å². The predicted molar refractivity (Wildman–Crippen MR) is 58.2 cm³/mol. The van der Waals surface area contributed by atoms with Crippen LogP contribution in [0, 0.1) is 11.8 Å². The zero-order chi connectivity index (χ0) is 11.5. The van der Waals surface area contributed by atoms with Crippen molar-refractivity contribution in [1.82, 2.24) is 0 Å². The van der Waals surface area contributed by atoms with Gasteiger partial charge in [0.1, 0.15) is 0 Å². The number of hydrogen-bond acceptors (Lipinski definition) is 4. The second kappa shape index (κ2) is 9.32. The van der Waals surface area contributed by atoms with Crippen LogP contribution in [0.1, 0.15) is 33.1 Å². The van der Waals surface area contributed by atoms with E-state index in [9.17, 15) is 9.59 Å². The Morgan fingerprint density at radius 1 is 0.933 bits per heavy atom. The van der Waals surface area contributed by atoms with E-state index in [2.05, 4.69) is 23.8 Å². The molecule has 0 aliphatic carbocycles. The molecule has 0 spiro atoms. The highest BCUT2D eigenvalue weighted by molar-refractivity contribution is 5.33. The van der Waals surface area contributed by atoms with E-state index in [4.69, 9.17) is 0 Å². The molecule has 0 N–H and O–H groups in total. The number of nitrogens with zero attached hydrogens (tertiary/aromatic N) is 2. The molecule has 0 aromatic heterocycles. The highest BCUT2D eigenvalue weighted by Gasteiger charge is 2.04. The van der Waals surface area contributed by atoms with Gasteiger partial charge in [0.15, 0.2) is 0 Å². The molecule has 0 fully saturated rings. The minimum Gasteiger partial charge on any atom is -0.211 e. The van der Waals surface area contributed by atoms with Crippen LogP contribution in [0.3, 0.4) is 0 Å². The maximum Gasteiger partial charge on any atom is 0.234 e. The lowest BCUT2D eigenvalue weighted by molar-refractivity contribution is 0.449. The molecule has 0 bridgehead atoms. The summed E-state index contributed by atoms with van der Waals surface area (Å²) < 4.78 is 0. The number of hydrogen-bond donors (Lipinski definition) is 0.